The van der Waals surface area contributed by atoms with Crippen molar-refractivity contribution in [2.45, 2.75) is 13.5 Å². The highest BCUT2D eigenvalue weighted by Gasteiger charge is 2.13. The highest BCUT2D eigenvalue weighted by Crippen LogP contribution is 2.28. The van der Waals surface area contributed by atoms with E-state index in [0.29, 0.717) is 35.1 Å². The first kappa shape index (κ1) is 26.7. The number of rotatable bonds is 11. The van der Waals surface area contributed by atoms with Crippen LogP contribution in [0.15, 0.2) is 77.9 Å². The van der Waals surface area contributed by atoms with Crippen molar-refractivity contribution in [1.29, 1.82) is 0 Å². The fourth-order valence-corrected chi connectivity index (χ4v) is 3.08. The number of benzene rings is 3. The maximum atomic E-state index is 12.2. The van der Waals surface area contributed by atoms with Gasteiger partial charge in [0.2, 0.25) is 0 Å². The van der Waals surface area contributed by atoms with Gasteiger partial charge in [0.25, 0.3) is 5.91 Å². The number of nitrogens with one attached hydrogen (secondary N) is 3. The van der Waals surface area contributed by atoms with E-state index in [1.807, 2.05) is 25.1 Å². The maximum absolute atomic E-state index is 12.2. The minimum Gasteiger partial charge on any atom is -0.497 e. The Morgan fingerprint density at radius 2 is 1.65 bits per heavy atom. The maximum Gasteiger partial charge on any atom is 0.329 e. The Labute approximate surface area is 214 Å². The number of hydrazone groups is 1. The normalized spacial score (nSPS) is 10.4. The Morgan fingerprint density at radius 3 is 2.35 bits per heavy atom. The van der Waals surface area contributed by atoms with Crippen molar-refractivity contribution < 1.29 is 28.6 Å². The van der Waals surface area contributed by atoms with E-state index < -0.39 is 11.8 Å². The van der Waals surface area contributed by atoms with Crippen molar-refractivity contribution in [3.8, 4) is 17.2 Å². The molecular formula is C27H28N4O6. The van der Waals surface area contributed by atoms with Crippen LogP contribution in [0, 0.1) is 0 Å². The number of ether oxygens (including phenoxy) is 3. The molecule has 10 nitrogen and oxygen atoms in total. The molecule has 0 radical (unpaired) electrons. The molecule has 0 aliphatic carbocycles. The van der Waals surface area contributed by atoms with Crippen molar-refractivity contribution in [3.05, 3.63) is 83.9 Å². The van der Waals surface area contributed by atoms with Gasteiger partial charge in [0.05, 0.1) is 19.9 Å². The Balaban J connectivity index is 1.50. The fraction of sp³-hybridized carbons (Fsp3) is 0.185. The third-order valence-electron chi connectivity index (χ3n) is 4.88. The number of hydrogen-bond acceptors (Lipinski definition) is 7. The van der Waals surface area contributed by atoms with Gasteiger partial charge in [-0.25, -0.2) is 5.43 Å². The van der Waals surface area contributed by atoms with Gasteiger partial charge in [-0.1, -0.05) is 30.3 Å². The predicted molar refractivity (Wildman–Crippen MR) is 139 cm³/mol. The topological polar surface area (TPSA) is 127 Å². The van der Waals surface area contributed by atoms with Crippen molar-refractivity contribution in [1.82, 2.24) is 10.7 Å². The van der Waals surface area contributed by atoms with E-state index in [1.54, 1.807) is 61.7 Å². The average Bonchev–Trinajstić information content (AvgIpc) is 2.92. The van der Waals surface area contributed by atoms with Gasteiger partial charge in [0.15, 0.2) is 18.1 Å². The molecule has 0 spiro atoms. The van der Waals surface area contributed by atoms with Crippen LogP contribution in [-0.4, -0.2) is 44.3 Å². The van der Waals surface area contributed by atoms with Crippen molar-refractivity contribution >= 4 is 29.6 Å². The molecule has 37 heavy (non-hydrogen) atoms. The first-order chi connectivity index (χ1) is 18.0. The van der Waals surface area contributed by atoms with Crippen LogP contribution >= 0.6 is 0 Å². The molecule has 192 valence electrons. The number of anilines is 1. The summed E-state index contributed by atoms with van der Waals surface area (Å²) >= 11 is 0. The molecule has 0 aromatic heterocycles. The van der Waals surface area contributed by atoms with Crippen LogP contribution in [0.2, 0.25) is 0 Å². The lowest BCUT2D eigenvalue weighted by Gasteiger charge is -2.12. The van der Waals surface area contributed by atoms with Crippen LogP contribution in [-0.2, 0) is 20.9 Å². The van der Waals surface area contributed by atoms with Gasteiger partial charge in [0.1, 0.15) is 5.75 Å². The summed E-state index contributed by atoms with van der Waals surface area (Å²) in [5.41, 5.74) is 4.26. The van der Waals surface area contributed by atoms with Gasteiger partial charge in [-0.15, -0.1) is 0 Å². The Kier molecular flexibility index (Phi) is 10.0. The van der Waals surface area contributed by atoms with E-state index in [2.05, 4.69) is 21.2 Å². The molecule has 0 saturated heterocycles. The first-order valence-electron chi connectivity index (χ1n) is 11.5. The summed E-state index contributed by atoms with van der Waals surface area (Å²) in [5.74, 6) is -0.554. The van der Waals surface area contributed by atoms with Gasteiger partial charge < -0.3 is 24.8 Å². The number of hydrogen-bond donors (Lipinski definition) is 3. The van der Waals surface area contributed by atoms with Gasteiger partial charge in [-0.05, 0) is 60.5 Å². The third-order valence-corrected chi connectivity index (χ3v) is 4.88. The Morgan fingerprint density at radius 1 is 0.892 bits per heavy atom. The van der Waals surface area contributed by atoms with E-state index in [4.69, 9.17) is 14.2 Å². The monoisotopic (exact) mass is 504 g/mol. The second-order valence-corrected chi connectivity index (χ2v) is 7.57. The van der Waals surface area contributed by atoms with E-state index >= 15 is 0 Å². The number of methoxy groups -OCH3 is 1. The van der Waals surface area contributed by atoms with Crippen LogP contribution in [0.1, 0.15) is 18.1 Å². The molecular weight excluding hydrogens is 476 g/mol. The lowest BCUT2D eigenvalue weighted by molar-refractivity contribution is -0.139. The first-order valence-corrected chi connectivity index (χ1v) is 11.5. The molecule has 0 aliphatic heterocycles. The molecule has 0 unspecified atom stereocenters. The third kappa shape index (κ3) is 8.70. The summed E-state index contributed by atoms with van der Waals surface area (Å²) in [6.07, 6.45) is 1.36. The van der Waals surface area contributed by atoms with Gasteiger partial charge in [-0.2, -0.15) is 5.10 Å². The summed E-state index contributed by atoms with van der Waals surface area (Å²) in [4.78, 5) is 36.2. The number of para-hydroxylation sites is 1. The molecule has 0 atom stereocenters. The van der Waals surface area contributed by atoms with Crippen molar-refractivity contribution in [3.63, 3.8) is 0 Å². The van der Waals surface area contributed by atoms with Gasteiger partial charge in [0, 0.05) is 12.2 Å². The van der Waals surface area contributed by atoms with E-state index in [9.17, 15) is 14.4 Å². The molecule has 0 aliphatic rings. The van der Waals surface area contributed by atoms with Crippen LogP contribution in [0.3, 0.4) is 0 Å². The molecule has 3 aromatic rings. The predicted octanol–water partition coefficient (Wildman–Crippen LogP) is 2.88. The molecule has 3 amide bonds. The van der Waals surface area contributed by atoms with Gasteiger partial charge in [-0.3, -0.25) is 14.4 Å². The molecule has 3 N–H and O–H groups in total. The van der Waals surface area contributed by atoms with E-state index in [-0.39, 0.29) is 19.1 Å². The quantitative estimate of drug-likeness (QED) is 0.209. The lowest BCUT2D eigenvalue weighted by atomic mass is 10.2. The number of amides is 3. The minimum absolute atomic E-state index is 0.183. The highest BCUT2D eigenvalue weighted by molar-refractivity contribution is 6.35. The fourth-order valence-electron chi connectivity index (χ4n) is 3.08. The van der Waals surface area contributed by atoms with E-state index in [0.717, 1.165) is 5.56 Å². The van der Waals surface area contributed by atoms with Crippen LogP contribution in [0.4, 0.5) is 5.69 Å². The second kappa shape index (κ2) is 13.9. The molecule has 0 saturated carbocycles. The molecule has 3 rings (SSSR count). The second-order valence-electron chi connectivity index (χ2n) is 7.57. The number of carbonyl (C=O) groups is 3. The van der Waals surface area contributed by atoms with Crippen LogP contribution in [0.5, 0.6) is 17.2 Å². The largest absolute Gasteiger partial charge is 0.497 e. The summed E-state index contributed by atoms with van der Waals surface area (Å²) < 4.78 is 16.3. The zero-order valence-electron chi connectivity index (χ0n) is 20.5. The van der Waals surface area contributed by atoms with Gasteiger partial charge >= 0.3 is 11.8 Å². The standard InChI is InChI=1S/C27H28N4O6/c1-3-36-24-15-20(11-14-23(24)37-18-25(32)30-21-7-5-4-6-8-21)17-29-31-27(34)26(33)28-16-19-9-12-22(35-2)13-10-19/h4-15,17H,3,16,18H2,1-2H3,(H,28,33)(H,30,32)(H,31,34)/b29-17-. The number of carbonyl (C=O) groups excluding carboxylic acids is 3. The summed E-state index contributed by atoms with van der Waals surface area (Å²) in [7, 11) is 1.57. The molecule has 10 heteroatoms. The summed E-state index contributed by atoms with van der Waals surface area (Å²) in [6, 6.07) is 21.1. The summed E-state index contributed by atoms with van der Waals surface area (Å²) in [5, 5.41) is 9.09. The molecule has 0 heterocycles. The van der Waals surface area contributed by atoms with E-state index in [1.165, 1.54) is 6.21 Å². The minimum atomic E-state index is -0.904. The number of nitrogens with zero attached hydrogens (tertiary/aromatic N) is 1. The van der Waals surface area contributed by atoms with Crippen molar-refractivity contribution in [2.75, 3.05) is 25.6 Å². The SMILES string of the molecule is CCOc1cc(/C=N\NC(=O)C(=O)NCc2ccc(OC)cc2)ccc1OCC(=O)Nc1ccccc1. The zero-order valence-corrected chi connectivity index (χ0v) is 20.5. The van der Waals surface area contributed by atoms with Crippen LogP contribution < -0.4 is 30.3 Å². The Bertz CT molecular complexity index is 1230. The van der Waals surface area contributed by atoms with Crippen LogP contribution in [0.25, 0.3) is 0 Å². The zero-order chi connectivity index (χ0) is 26.5. The van der Waals surface area contributed by atoms with Crippen molar-refractivity contribution in [2.24, 2.45) is 5.10 Å². The highest BCUT2D eigenvalue weighted by atomic mass is 16.5. The molecule has 0 bridgehead atoms. The lowest BCUT2D eigenvalue weighted by Crippen LogP contribution is -2.37. The summed E-state index contributed by atoms with van der Waals surface area (Å²) in [6.45, 7) is 2.17. The molecule has 0 fully saturated rings. The average molecular weight is 505 g/mol. The molecule has 3 aromatic carbocycles. The smallest absolute Gasteiger partial charge is 0.329 e. The Hall–Kier alpha value is -4.86.